The van der Waals surface area contributed by atoms with Crippen LogP contribution in [0.4, 0.5) is 5.82 Å². The van der Waals surface area contributed by atoms with Gasteiger partial charge in [-0.2, -0.15) is 5.10 Å². The van der Waals surface area contributed by atoms with Crippen LogP contribution in [-0.4, -0.2) is 32.4 Å². The normalized spacial score (nSPS) is 28.0. The van der Waals surface area contributed by atoms with Crippen molar-refractivity contribution < 1.29 is 9.84 Å². The van der Waals surface area contributed by atoms with E-state index >= 15 is 0 Å². The van der Waals surface area contributed by atoms with Crippen LogP contribution in [0.1, 0.15) is 25.5 Å². The van der Waals surface area contributed by atoms with Crippen molar-refractivity contribution in [2.24, 2.45) is 0 Å². The Labute approximate surface area is 104 Å². The fraction of sp³-hybridized carbons (Fsp3) is 0.500. The predicted octanol–water partition coefficient (Wildman–Crippen LogP) is 0.698. The Morgan fingerprint density at radius 1 is 1.61 bits per heavy atom. The molecule has 3 N–H and O–H groups in total. The molecule has 0 bridgehead atoms. The number of rotatable bonds is 2. The molecule has 2 aromatic rings. The average molecular weight is 248 g/mol. The van der Waals surface area contributed by atoms with Crippen LogP contribution in [-0.2, 0) is 10.3 Å². The number of ether oxygens (including phenoxy) is 1. The van der Waals surface area contributed by atoms with Gasteiger partial charge in [0.05, 0.1) is 18.4 Å². The molecule has 0 aromatic carbocycles. The van der Waals surface area contributed by atoms with E-state index in [9.17, 15) is 5.11 Å². The van der Waals surface area contributed by atoms with Gasteiger partial charge in [-0.25, -0.2) is 9.50 Å². The number of aromatic nitrogens is 3. The molecule has 0 spiro atoms. The summed E-state index contributed by atoms with van der Waals surface area (Å²) >= 11 is 0. The van der Waals surface area contributed by atoms with E-state index in [4.69, 9.17) is 10.5 Å². The molecule has 0 amide bonds. The second kappa shape index (κ2) is 3.93. The standard InChI is InChI=1S/C12H16N4O2/c1-12(5-4-8(6-17)18-12)10-3-2-9-11(13)14-7-15-16(9)10/h2-3,7-8,17H,4-6H2,1H3,(H2,13,14,15)/t8-,12+/m0/s1. The Bertz CT molecular complexity index is 582. The van der Waals surface area contributed by atoms with Crippen LogP contribution in [0.2, 0.25) is 0 Å². The van der Waals surface area contributed by atoms with E-state index in [1.165, 1.54) is 6.33 Å². The zero-order valence-corrected chi connectivity index (χ0v) is 10.2. The summed E-state index contributed by atoms with van der Waals surface area (Å²) < 4.78 is 7.68. The fourth-order valence-corrected chi connectivity index (χ4v) is 2.59. The number of nitrogens with zero attached hydrogens (tertiary/aromatic N) is 3. The van der Waals surface area contributed by atoms with Gasteiger partial charge >= 0.3 is 0 Å². The van der Waals surface area contributed by atoms with Crippen molar-refractivity contribution in [3.05, 3.63) is 24.2 Å². The van der Waals surface area contributed by atoms with Crippen molar-refractivity contribution in [3.63, 3.8) is 0 Å². The van der Waals surface area contributed by atoms with Gasteiger partial charge in [0.1, 0.15) is 17.4 Å². The minimum atomic E-state index is -0.430. The molecule has 1 aliphatic heterocycles. The van der Waals surface area contributed by atoms with E-state index in [1.54, 1.807) is 4.52 Å². The molecule has 96 valence electrons. The van der Waals surface area contributed by atoms with Crippen molar-refractivity contribution >= 4 is 11.3 Å². The van der Waals surface area contributed by atoms with E-state index in [2.05, 4.69) is 10.1 Å². The molecule has 0 aliphatic carbocycles. The van der Waals surface area contributed by atoms with Gasteiger partial charge in [-0.3, -0.25) is 0 Å². The van der Waals surface area contributed by atoms with Crippen LogP contribution in [0, 0.1) is 0 Å². The molecule has 6 heteroatoms. The first-order valence-corrected chi connectivity index (χ1v) is 6.01. The van der Waals surface area contributed by atoms with Gasteiger partial charge in [-0.15, -0.1) is 0 Å². The minimum absolute atomic E-state index is 0.0516. The zero-order chi connectivity index (χ0) is 12.8. The highest BCUT2D eigenvalue weighted by Crippen LogP contribution is 2.39. The van der Waals surface area contributed by atoms with Gasteiger partial charge < -0.3 is 15.6 Å². The summed E-state index contributed by atoms with van der Waals surface area (Å²) in [6.07, 6.45) is 3.04. The number of nitrogen functional groups attached to an aromatic ring is 1. The highest BCUT2D eigenvalue weighted by molar-refractivity contribution is 5.65. The molecule has 6 nitrogen and oxygen atoms in total. The number of nitrogens with two attached hydrogens (primary N) is 1. The lowest BCUT2D eigenvalue weighted by Gasteiger charge is -2.24. The number of anilines is 1. The van der Waals surface area contributed by atoms with Gasteiger partial charge in [0, 0.05) is 0 Å². The first-order valence-electron chi connectivity index (χ1n) is 6.01. The lowest BCUT2D eigenvalue weighted by molar-refractivity contribution is -0.0551. The summed E-state index contributed by atoms with van der Waals surface area (Å²) in [5.74, 6) is 0.455. The van der Waals surface area contributed by atoms with E-state index < -0.39 is 5.60 Å². The Morgan fingerprint density at radius 3 is 3.17 bits per heavy atom. The van der Waals surface area contributed by atoms with Crippen molar-refractivity contribution in [2.75, 3.05) is 12.3 Å². The molecule has 1 saturated heterocycles. The van der Waals surface area contributed by atoms with Gasteiger partial charge in [0.15, 0.2) is 5.82 Å². The van der Waals surface area contributed by atoms with Gasteiger partial charge in [-0.05, 0) is 31.9 Å². The average Bonchev–Trinajstić information content (AvgIpc) is 2.94. The molecule has 2 aromatic heterocycles. The summed E-state index contributed by atoms with van der Waals surface area (Å²) in [4.78, 5) is 3.97. The molecule has 1 aliphatic rings. The van der Waals surface area contributed by atoms with Gasteiger partial charge in [0.25, 0.3) is 0 Å². The molecule has 3 heterocycles. The number of hydrogen-bond acceptors (Lipinski definition) is 5. The van der Waals surface area contributed by atoms with E-state index in [0.29, 0.717) is 5.82 Å². The van der Waals surface area contributed by atoms with Crippen molar-refractivity contribution in [2.45, 2.75) is 31.5 Å². The van der Waals surface area contributed by atoms with Crippen LogP contribution < -0.4 is 5.73 Å². The molecule has 0 radical (unpaired) electrons. The molecule has 0 saturated carbocycles. The molecular weight excluding hydrogens is 232 g/mol. The van der Waals surface area contributed by atoms with Crippen LogP contribution in [0.15, 0.2) is 18.5 Å². The number of aliphatic hydroxyl groups is 1. The van der Waals surface area contributed by atoms with Crippen molar-refractivity contribution in [3.8, 4) is 0 Å². The summed E-state index contributed by atoms with van der Waals surface area (Å²) in [5.41, 5.74) is 7.11. The maximum absolute atomic E-state index is 9.18. The smallest absolute Gasteiger partial charge is 0.151 e. The summed E-state index contributed by atoms with van der Waals surface area (Å²) in [6.45, 7) is 2.07. The molecule has 1 fully saturated rings. The Kier molecular flexibility index (Phi) is 2.49. The second-order valence-electron chi connectivity index (χ2n) is 4.85. The predicted molar refractivity (Wildman–Crippen MR) is 65.9 cm³/mol. The monoisotopic (exact) mass is 248 g/mol. The Hall–Kier alpha value is -1.66. The van der Waals surface area contributed by atoms with Gasteiger partial charge in [-0.1, -0.05) is 0 Å². The topological polar surface area (TPSA) is 85.7 Å². The minimum Gasteiger partial charge on any atom is -0.394 e. The molecular formula is C12H16N4O2. The van der Waals surface area contributed by atoms with E-state index in [0.717, 1.165) is 24.1 Å². The Morgan fingerprint density at radius 2 is 2.44 bits per heavy atom. The molecule has 3 rings (SSSR count). The van der Waals surface area contributed by atoms with E-state index in [1.807, 2.05) is 19.1 Å². The van der Waals surface area contributed by atoms with Crippen LogP contribution in [0.3, 0.4) is 0 Å². The van der Waals surface area contributed by atoms with Crippen LogP contribution in [0.25, 0.3) is 5.52 Å². The number of hydrogen-bond donors (Lipinski definition) is 2. The van der Waals surface area contributed by atoms with Gasteiger partial charge in [0.2, 0.25) is 0 Å². The summed E-state index contributed by atoms with van der Waals surface area (Å²) in [6, 6.07) is 3.85. The first-order chi connectivity index (χ1) is 8.64. The third kappa shape index (κ3) is 1.57. The third-order valence-corrected chi connectivity index (χ3v) is 3.60. The van der Waals surface area contributed by atoms with Crippen LogP contribution in [0.5, 0.6) is 0 Å². The number of aliphatic hydroxyl groups excluding tert-OH is 1. The SMILES string of the molecule is C[C@]1(c2ccc3c(N)ncnn23)CC[C@@H](CO)O1. The van der Waals surface area contributed by atoms with Crippen LogP contribution >= 0.6 is 0 Å². The van der Waals surface area contributed by atoms with E-state index in [-0.39, 0.29) is 12.7 Å². The van der Waals surface area contributed by atoms with Crippen molar-refractivity contribution in [1.29, 1.82) is 0 Å². The Balaban J connectivity index is 2.07. The summed E-state index contributed by atoms with van der Waals surface area (Å²) in [5, 5.41) is 13.4. The molecule has 0 unspecified atom stereocenters. The third-order valence-electron chi connectivity index (χ3n) is 3.60. The largest absolute Gasteiger partial charge is 0.394 e. The zero-order valence-electron chi connectivity index (χ0n) is 10.2. The molecule has 2 atom stereocenters. The molecule has 18 heavy (non-hydrogen) atoms. The highest BCUT2D eigenvalue weighted by atomic mass is 16.5. The van der Waals surface area contributed by atoms with Crippen molar-refractivity contribution in [1.82, 2.24) is 14.6 Å². The second-order valence-corrected chi connectivity index (χ2v) is 4.85. The maximum Gasteiger partial charge on any atom is 0.151 e. The quantitative estimate of drug-likeness (QED) is 0.817. The fourth-order valence-electron chi connectivity index (χ4n) is 2.59. The lowest BCUT2D eigenvalue weighted by atomic mass is 9.98. The first kappa shape index (κ1) is 11.4. The lowest BCUT2D eigenvalue weighted by Crippen LogP contribution is -2.26. The highest BCUT2D eigenvalue weighted by Gasteiger charge is 2.39. The number of fused-ring (bicyclic) bond motifs is 1. The maximum atomic E-state index is 9.18. The summed E-state index contributed by atoms with van der Waals surface area (Å²) in [7, 11) is 0.